The van der Waals surface area contributed by atoms with Crippen molar-refractivity contribution < 1.29 is 0 Å². The van der Waals surface area contributed by atoms with E-state index in [4.69, 9.17) is 11.6 Å². The van der Waals surface area contributed by atoms with Crippen LogP contribution in [0.3, 0.4) is 0 Å². The van der Waals surface area contributed by atoms with E-state index in [9.17, 15) is 0 Å². The Kier molecular flexibility index (Phi) is 2.65. The van der Waals surface area contributed by atoms with E-state index in [1.54, 1.807) is 0 Å². The van der Waals surface area contributed by atoms with Crippen LogP contribution in [-0.4, -0.2) is 0 Å². The van der Waals surface area contributed by atoms with Gasteiger partial charge >= 0.3 is 0 Å². The van der Waals surface area contributed by atoms with Gasteiger partial charge in [-0.15, -0.1) is 0 Å². The zero-order chi connectivity index (χ0) is 15.4. The maximum absolute atomic E-state index is 6.01. The summed E-state index contributed by atoms with van der Waals surface area (Å²) < 4.78 is 0. The van der Waals surface area contributed by atoms with Gasteiger partial charge in [0, 0.05) is 5.02 Å². The number of halogens is 1. The van der Waals surface area contributed by atoms with Gasteiger partial charge in [-0.3, -0.25) is 0 Å². The molecule has 0 amide bonds. The highest BCUT2D eigenvalue weighted by Crippen LogP contribution is 2.48. The fourth-order valence-corrected chi connectivity index (χ4v) is 3.74. The van der Waals surface area contributed by atoms with Gasteiger partial charge in [-0.1, -0.05) is 72.3 Å². The van der Waals surface area contributed by atoms with Crippen LogP contribution in [0.2, 0.25) is 5.02 Å². The zero-order valence-electron chi connectivity index (χ0n) is 12.4. The van der Waals surface area contributed by atoms with E-state index in [0.717, 1.165) is 5.02 Å². The Labute approximate surface area is 140 Å². The molecule has 0 fully saturated rings. The normalized spacial score (nSPS) is 11.7. The molecule has 0 radical (unpaired) electrons. The van der Waals surface area contributed by atoms with Crippen molar-refractivity contribution in [3.8, 4) is 33.4 Å². The van der Waals surface area contributed by atoms with Crippen LogP contribution in [0, 0.1) is 0 Å². The van der Waals surface area contributed by atoms with E-state index in [0.29, 0.717) is 0 Å². The Morgan fingerprint density at radius 2 is 1.17 bits per heavy atom. The number of hydrogen-bond donors (Lipinski definition) is 0. The zero-order valence-corrected chi connectivity index (χ0v) is 13.1. The summed E-state index contributed by atoms with van der Waals surface area (Å²) in [5.74, 6) is 0. The van der Waals surface area contributed by atoms with Gasteiger partial charge < -0.3 is 0 Å². The highest BCUT2D eigenvalue weighted by molar-refractivity contribution is 6.30. The molecule has 0 spiro atoms. The van der Waals surface area contributed by atoms with Gasteiger partial charge in [-0.2, -0.15) is 0 Å². The molecule has 0 bridgehead atoms. The van der Waals surface area contributed by atoms with Gasteiger partial charge in [0.05, 0.1) is 0 Å². The Bertz CT molecular complexity index is 1050. The molecule has 0 saturated heterocycles. The second-order valence-electron chi connectivity index (χ2n) is 5.98. The molecular weight excluding hydrogens is 300 g/mol. The monoisotopic (exact) mass is 312 g/mol. The van der Waals surface area contributed by atoms with E-state index in [1.165, 1.54) is 44.2 Å². The second kappa shape index (κ2) is 4.71. The Morgan fingerprint density at radius 3 is 1.91 bits per heavy atom. The minimum Gasteiger partial charge on any atom is -0.0843 e. The Balaban J connectivity index is 1.77. The van der Waals surface area contributed by atoms with E-state index in [1.807, 2.05) is 12.1 Å². The van der Waals surface area contributed by atoms with Crippen molar-refractivity contribution in [3.63, 3.8) is 0 Å². The van der Waals surface area contributed by atoms with Crippen LogP contribution in [0.1, 0.15) is 0 Å². The lowest BCUT2D eigenvalue weighted by atomic mass is 9.97. The van der Waals surface area contributed by atoms with Crippen molar-refractivity contribution >= 4 is 22.4 Å². The van der Waals surface area contributed by atoms with Crippen LogP contribution >= 0.6 is 11.6 Å². The van der Waals surface area contributed by atoms with Gasteiger partial charge in [0.2, 0.25) is 0 Å². The standard InChI is InChI=1S/C22H13Cl/c23-17-10-7-14(8-11-17)16-9-12-18-19-5-1-3-15-4-2-6-20(22(15)19)21(18)13-16/h1-13H. The summed E-state index contributed by atoms with van der Waals surface area (Å²) in [5, 5.41) is 3.45. The van der Waals surface area contributed by atoms with E-state index in [-0.39, 0.29) is 0 Å². The molecule has 0 N–H and O–H groups in total. The molecule has 0 unspecified atom stereocenters. The summed E-state index contributed by atoms with van der Waals surface area (Å²) in [6.45, 7) is 0. The molecule has 0 saturated carbocycles. The van der Waals surface area contributed by atoms with Crippen molar-refractivity contribution in [1.82, 2.24) is 0 Å². The third kappa shape index (κ3) is 1.85. The average Bonchev–Trinajstić information content (AvgIpc) is 2.92. The highest BCUT2D eigenvalue weighted by Gasteiger charge is 2.21. The summed E-state index contributed by atoms with van der Waals surface area (Å²) in [6, 6.07) is 27.9. The van der Waals surface area contributed by atoms with Crippen LogP contribution in [0.15, 0.2) is 78.9 Å². The van der Waals surface area contributed by atoms with Crippen LogP contribution in [-0.2, 0) is 0 Å². The molecular formula is C22H13Cl. The summed E-state index contributed by atoms with van der Waals surface area (Å²) in [6.07, 6.45) is 0. The minimum absolute atomic E-state index is 0.770. The van der Waals surface area contributed by atoms with Crippen molar-refractivity contribution in [2.24, 2.45) is 0 Å². The van der Waals surface area contributed by atoms with Crippen molar-refractivity contribution in [3.05, 3.63) is 83.9 Å². The van der Waals surface area contributed by atoms with Crippen molar-refractivity contribution in [1.29, 1.82) is 0 Å². The predicted octanol–water partition coefficient (Wildman–Crippen LogP) is 6.81. The number of hydrogen-bond acceptors (Lipinski definition) is 0. The molecule has 1 heteroatoms. The predicted molar refractivity (Wildman–Crippen MR) is 98.8 cm³/mol. The number of fused-ring (bicyclic) bond motifs is 3. The molecule has 1 aliphatic carbocycles. The molecule has 0 nitrogen and oxygen atoms in total. The first-order valence-corrected chi connectivity index (χ1v) is 8.11. The molecule has 0 heterocycles. The van der Waals surface area contributed by atoms with E-state index >= 15 is 0 Å². The summed E-state index contributed by atoms with van der Waals surface area (Å²) in [7, 11) is 0. The largest absolute Gasteiger partial charge is 0.0843 e. The molecule has 0 aliphatic heterocycles. The molecule has 4 aromatic rings. The second-order valence-corrected chi connectivity index (χ2v) is 6.41. The van der Waals surface area contributed by atoms with Crippen LogP contribution in [0.25, 0.3) is 44.2 Å². The van der Waals surface area contributed by atoms with E-state index in [2.05, 4.69) is 66.7 Å². The fourth-order valence-electron chi connectivity index (χ4n) is 3.61. The molecule has 0 aromatic heterocycles. The molecule has 5 rings (SSSR count). The summed E-state index contributed by atoms with van der Waals surface area (Å²) in [5.41, 5.74) is 7.75. The quantitative estimate of drug-likeness (QED) is 0.319. The molecule has 23 heavy (non-hydrogen) atoms. The van der Waals surface area contributed by atoms with Gasteiger partial charge in [-0.05, 0) is 62.4 Å². The smallest absolute Gasteiger partial charge is 0.0406 e. The molecule has 0 atom stereocenters. The van der Waals surface area contributed by atoms with Gasteiger partial charge in [0.1, 0.15) is 0 Å². The molecule has 108 valence electrons. The average molecular weight is 313 g/mol. The lowest BCUT2D eigenvalue weighted by Gasteiger charge is -2.07. The topological polar surface area (TPSA) is 0 Å². The highest BCUT2D eigenvalue weighted by atomic mass is 35.5. The Morgan fingerprint density at radius 1 is 0.522 bits per heavy atom. The maximum atomic E-state index is 6.01. The molecule has 1 aliphatic rings. The Hall–Kier alpha value is -2.57. The van der Waals surface area contributed by atoms with Gasteiger partial charge in [0.25, 0.3) is 0 Å². The summed E-state index contributed by atoms with van der Waals surface area (Å²) >= 11 is 6.01. The lowest BCUT2D eigenvalue weighted by molar-refractivity contribution is 1.62. The van der Waals surface area contributed by atoms with Gasteiger partial charge in [0.15, 0.2) is 0 Å². The van der Waals surface area contributed by atoms with Crippen molar-refractivity contribution in [2.45, 2.75) is 0 Å². The van der Waals surface area contributed by atoms with Gasteiger partial charge in [-0.25, -0.2) is 0 Å². The third-order valence-corrected chi connectivity index (χ3v) is 4.93. The van der Waals surface area contributed by atoms with Crippen molar-refractivity contribution in [2.75, 3.05) is 0 Å². The number of rotatable bonds is 1. The fraction of sp³-hybridized carbons (Fsp3) is 0. The maximum Gasteiger partial charge on any atom is 0.0406 e. The van der Waals surface area contributed by atoms with Crippen LogP contribution < -0.4 is 0 Å². The van der Waals surface area contributed by atoms with Crippen LogP contribution in [0.4, 0.5) is 0 Å². The SMILES string of the molecule is Clc1ccc(-c2ccc3c(c2)-c2cccc4cccc-3c24)cc1. The number of benzene rings is 4. The third-order valence-electron chi connectivity index (χ3n) is 4.68. The minimum atomic E-state index is 0.770. The first-order chi connectivity index (χ1) is 11.3. The van der Waals surface area contributed by atoms with E-state index < -0.39 is 0 Å². The molecule has 4 aromatic carbocycles. The summed E-state index contributed by atoms with van der Waals surface area (Å²) in [4.78, 5) is 0. The first-order valence-electron chi connectivity index (χ1n) is 7.74. The first kappa shape index (κ1) is 12.9. The lowest BCUT2D eigenvalue weighted by Crippen LogP contribution is -1.81. The van der Waals surface area contributed by atoms with Crippen LogP contribution in [0.5, 0.6) is 0 Å².